The molecule has 1 rings (SSSR count). The molecule has 0 aromatic heterocycles. The minimum absolute atomic E-state index is 0.187. The summed E-state index contributed by atoms with van der Waals surface area (Å²) in [6.45, 7) is 1.99. The molecular formula is C11H11F. The molecule has 0 aliphatic carbocycles. The molecule has 0 saturated heterocycles. The average Bonchev–Trinajstić information content (AvgIpc) is 2.08. The molecule has 0 nitrogen and oxygen atoms in total. The van der Waals surface area contributed by atoms with Crippen LogP contribution >= 0.6 is 0 Å². The Morgan fingerprint density at radius 3 is 2.75 bits per heavy atom. The molecule has 0 atom stereocenters. The van der Waals surface area contributed by atoms with Crippen LogP contribution in [0.3, 0.4) is 0 Å². The summed E-state index contributed by atoms with van der Waals surface area (Å²) in [7, 11) is 0. The Kier molecular flexibility index (Phi) is 2.88. The van der Waals surface area contributed by atoms with Gasteiger partial charge in [0.05, 0.1) is 0 Å². The van der Waals surface area contributed by atoms with Gasteiger partial charge >= 0.3 is 0 Å². The van der Waals surface area contributed by atoms with Crippen LogP contribution in [0.15, 0.2) is 18.2 Å². The first-order valence-corrected chi connectivity index (χ1v) is 3.98. The zero-order valence-corrected chi connectivity index (χ0v) is 7.10. The Labute approximate surface area is 72.4 Å². The highest BCUT2D eigenvalue weighted by atomic mass is 19.1. The van der Waals surface area contributed by atoms with Gasteiger partial charge < -0.3 is 0 Å². The molecule has 0 amide bonds. The number of hydrogen-bond donors (Lipinski definition) is 0. The largest absolute Gasteiger partial charge is 0.207 e. The number of benzene rings is 1. The Morgan fingerprint density at radius 2 is 2.17 bits per heavy atom. The third-order valence-corrected chi connectivity index (χ3v) is 1.84. The van der Waals surface area contributed by atoms with Crippen molar-refractivity contribution in [1.82, 2.24) is 0 Å². The minimum atomic E-state index is -0.187. The lowest BCUT2D eigenvalue weighted by Crippen LogP contribution is -1.92. The first-order valence-electron chi connectivity index (χ1n) is 3.98. The number of terminal acetylenes is 1. The van der Waals surface area contributed by atoms with Crippen molar-refractivity contribution in [2.75, 3.05) is 0 Å². The van der Waals surface area contributed by atoms with E-state index in [1.165, 1.54) is 6.07 Å². The van der Waals surface area contributed by atoms with E-state index in [4.69, 9.17) is 6.42 Å². The van der Waals surface area contributed by atoms with Gasteiger partial charge in [-0.3, -0.25) is 0 Å². The van der Waals surface area contributed by atoms with Crippen molar-refractivity contribution in [2.45, 2.75) is 19.8 Å². The maximum atomic E-state index is 12.7. The molecule has 0 aliphatic rings. The molecule has 1 aromatic rings. The molecule has 12 heavy (non-hydrogen) atoms. The third-order valence-electron chi connectivity index (χ3n) is 1.84. The molecule has 0 saturated carbocycles. The molecule has 62 valence electrons. The van der Waals surface area contributed by atoms with Crippen molar-refractivity contribution in [3.63, 3.8) is 0 Å². The molecule has 0 unspecified atom stereocenters. The topological polar surface area (TPSA) is 0 Å². The van der Waals surface area contributed by atoms with Crippen molar-refractivity contribution < 1.29 is 4.39 Å². The van der Waals surface area contributed by atoms with Gasteiger partial charge in [0.15, 0.2) is 0 Å². The van der Waals surface area contributed by atoms with Crippen molar-refractivity contribution in [1.29, 1.82) is 0 Å². The highest BCUT2D eigenvalue weighted by molar-refractivity contribution is 5.30. The van der Waals surface area contributed by atoms with E-state index in [2.05, 4.69) is 5.92 Å². The number of aryl methyl sites for hydroxylation is 1. The van der Waals surface area contributed by atoms with Gasteiger partial charge in [-0.15, -0.1) is 12.3 Å². The minimum Gasteiger partial charge on any atom is -0.207 e. The Morgan fingerprint density at radius 1 is 1.42 bits per heavy atom. The van der Waals surface area contributed by atoms with Gasteiger partial charge in [0.2, 0.25) is 0 Å². The molecular weight excluding hydrogens is 151 g/mol. The summed E-state index contributed by atoms with van der Waals surface area (Å²) in [6.07, 6.45) is 6.59. The first-order chi connectivity index (χ1) is 5.77. The lowest BCUT2D eigenvalue weighted by molar-refractivity contribution is 0.625. The summed E-state index contributed by atoms with van der Waals surface area (Å²) >= 11 is 0. The van der Waals surface area contributed by atoms with Crippen LogP contribution in [0.5, 0.6) is 0 Å². The predicted molar refractivity (Wildman–Crippen MR) is 48.3 cm³/mol. The Balaban J connectivity index is 3.04. The quantitative estimate of drug-likeness (QED) is 0.586. The van der Waals surface area contributed by atoms with E-state index in [1.54, 1.807) is 12.1 Å². The molecule has 1 aromatic carbocycles. The van der Waals surface area contributed by atoms with Crippen LogP contribution in [0.25, 0.3) is 0 Å². The van der Waals surface area contributed by atoms with E-state index >= 15 is 0 Å². The van der Waals surface area contributed by atoms with Crippen LogP contribution in [0.4, 0.5) is 4.39 Å². The van der Waals surface area contributed by atoms with Crippen molar-refractivity contribution in [2.24, 2.45) is 0 Å². The van der Waals surface area contributed by atoms with E-state index in [-0.39, 0.29) is 5.82 Å². The lowest BCUT2D eigenvalue weighted by Gasteiger charge is -2.03. The first kappa shape index (κ1) is 8.80. The van der Waals surface area contributed by atoms with Crippen LogP contribution in [0.1, 0.15) is 18.1 Å². The van der Waals surface area contributed by atoms with Crippen LogP contribution in [-0.4, -0.2) is 0 Å². The normalized spacial score (nSPS) is 9.42. The summed E-state index contributed by atoms with van der Waals surface area (Å²) in [5.74, 6) is 2.37. The SMILES string of the molecule is C#CCc1ccc(F)cc1CC. The number of rotatable bonds is 2. The molecule has 0 N–H and O–H groups in total. The van der Waals surface area contributed by atoms with E-state index < -0.39 is 0 Å². The van der Waals surface area contributed by atoms with Gasteiger partial charge in [0.25, 0.3) is 0 Å². The maximum absolute atomic E-state index is 12.7. The monoisotopic (exact) mass is 162 g/mol. The van der Waals surface area contributed by atoms with Gasteiger partial charge in [-0.05, 0) is 29.7 Å². The molecule has 0 aliphatic heterocycles. The molecule has 0 radical (unpaired) electrons. The fraction of sp³-hybridized carbons (Fsp3) is 0.273. The summed E-state index contributed by atoms with van der Waals surface area (Å²) < 4.78 is 12.7. The van der Waals surface area contributed by atoms with Crippen LogP contribution in [0, 0.1) is 18.2 Å². The summed E-state index contributed by atoms with van der Waals surface area (Å²) in [5, 5.41) is 0. The van der Waals surface area contributed by atoms with Crippen molar-refractivity contribution >= 4 is 0 Å². The zero-order valence-electron chi connectivity index (χ0n) is 7.10. The second-order valence-electron chi connectivity index (χ2n) is 2.65. The van der Waals surface area contributed by atoms with E-state index in [0.29, 0.717) is 6.42 Å². The summed E-state index contributed by atoms with van der Waals surface area (Å²) in [6, 6.07) is 4.76. The average molecular weight is 162 g/mol. The highest BCUT2D eigenvalue weighted by Gasteiger charge is 2.00. The van der Waals surface area contributed by atoms with Crippen LogP contribution in [-0.2, 0) is 12.8 Å². The lowest BCUT2D eigenvalue weighted by atomic mass is 10.0. The molecule has 0 fully saturated rings. The van der Waals surface area contributed by atoms with Crippen molar-refractivity contribution in [3.05, 3.63) is 35.1 Å². The van der Waals surface area contributed by atoms with E-state index in [9.17, 15) is 4.39 Å². The number of halogens is 1. The molecule has 0 bridgehead atoms. The van der Waals surface area contributed by atoms with Crippen LogP contribution < -0.4 is 0 Å². The third kappa shape index (κ3) is 1.85. The smallest absolute Gasteiger partial charge is 0.123 e. The Hall–Kier alpha value is -1.29. The van der Waals surface area contributed by atoms with Gasteiger partial charge in [-0.25, -0.2) is 4.39 Å². The van der Waals surface area contributed by atoms with Gasteiger partial charge in [0, 0.05) is 6.42 Å². The molecule has 1 heteroatoms. The van der Waals surface area contributed by atoms with Crippen LogP contribution in [0.2, 0.25) is 0 Å². The maximum Gasteiger partial charge on any atom is 0.123 e. The van der Waals surface area contributed by atoms with Gasteiger partial charge in [-0.2, -0.15) is 0 Å². The number of hydrogen-bond acceptors (Lipinski definition) is 0. The zero-order chi connectivity index (χ0) is 8.97. The molecule has 0 spiro atoms. The summed E-state index contributed by atoms with van der Waals surface area (Å²) in [5.41, 5.74) is 2.06. The summed E-state index contributed by atoms with van der Waals surface area (Å²) in [4.78, 5) is 0. The fourth-order valence-corrected chi connectivity index (χ4v) is 1.21. The van der Waals surface area contributed by atoms with E-state index in [0.717, 1.165) is 17.5 Å². The predicted octanol–water partition coefficient (Wildman–Crippen LogP) is 2.56. The van der Waals surface area contributed by atoms with Crippen molar-refractivity contribution in [3.8, 4) is 12.3 Å². The fourth-order valence-electron chi connectivity index (χ4n) is 1.21. The second-order valence-corrected chi connectivity index (χ2v) is 2.65. The highest BCUT2D eigenvalue weighted by Crippen LogP contribution is 2.12. The second kappa shape index (κ2) is 3.92. The van der Waals surface area contributed by atoms with Gasteiger partial charge in [-0.1, -0.05) is 13.0 Å². The molecule has 0 heterocycles. The van der Waals surface area contributed by atoms with E-state index in [1.807, 2.05) is 6.92 Å². The Bertz CT molecular complexity index is 307. The van der Waals surface area contributed by atoms with Gasteiger partial charge in [0.1, 0.15) is 5.82 Å². The standard InChI is InChI=1S/C11H11F/c1-3-5-10-6-7-11(12)8-9(10)4-2/h1,6-8H,4-5H2,2H3.